The van der Waals surface area contributed by atoms with E-state index in [-0.39, 0.29) is 5.91 Å². The van der Waals surface area contributed by atoms with E-state index >= 15 is 0 Å². The number of hydrogen-bond donors (Lipinski definition) is 2. The summed E-state index contributed by atoms with van der Waals surface area (Å²) in [5.74, 6) is 0.463. The van der Waals surface area contributed by atoms with E-state index in [4.69, 9.17) is 16.3 Å². The predicted molar refractivity (Wildman–Crippen MR) is 90.2 cm³/mol. The Bertz CT molecular complexity index is 608. The molecular weight excluding hydrogens is 300 g/mol. The van der Waals surface area contributed by atoms with Crippen LogP contribution in [0.5, 0.6) is 0 Å². The Morgan fingerprint density at radius 2 is 2.09 bits per heavy atom. The van der Waals surface area contributed by atoms with Gasteiger partial charge in [0.05, 0.1) is 19.8 Å². The van der Waals surface area contributed by atoms with Crippen molar-refractivity contribution in [3.8, 4) is 0 Å². The van der Waals surface area contributed by atoms with Gasteiger partial charge in [-0.3, -0.25) is 4.79 Å². The third-order valence-corrected chi connectivity index (χ3v) is 4.02. The molecule has 2 aromatic rings. The van der Waals surface area contributed by atoms with Crippen molar-refractivity contribution >= 4 is 28.4 Å². The van der Waals surface area contributed by atoms with Gasteiger partial charge in [0, 0.05) is 34.0 Å². The molecule has 1 aromatic heterocycles. The van der Waals surface area contributed by atoms with E-state index in [2.05, 4.69) is 10.3 Å². The minimum Gasteiger partial charge on any atom is -0.381 e. The number of H-pyrrole nitrogens is 1. The molecule has 0 radical (unpaired) electrons. The molecule has 2 N–H and O–H groups in total. The van der Waals surface area contributed by atoms with Gasteiger partial charge >= 0.3 is 0 Å². The highest BCUT2D eigenvalue weighted by Crippen LogP contribution is 2.24. The van der Waals surface area contributed by atoms with Crippen molar-refractivity contribution < 1.29 is 9.53 Å². The van der Waals surface area contributed by atoms with Gasteiger partial charge in [-0.05, 0) is 30.7 Å². The molecule has 1 aliphatic heterocycles. The Hall–Kier alpha value is -1.52. The number of hydrogen-bond acceptors (Lipinski definition) is 2. The molecule has 0 aliphatic carbocycles. The van der Waals surface area contributed by atoms with Crippen LogP contribution in [0.15, 0.2) is 18.2 Å². The zero-order valence-corrected chi connectivity index (χ0v) is 14.1. The second-order valence-corrected chi connectivity index (χ2v) is 5.77. The lowest BCUT2D eigenvalue weighted by Crippen LogP contribution is -2.34. The van der Waals surface area contributed by atoms with Gasteiger partial charge in [-0.2, -0.15) is 0 Å². The van der Waals surface area contributed by atoms with Crippen LogP contribution in [0, 0.1) is 12.8 Å². The molecule has 1 aromatic carbocycles. The van der Waals surface area contributed by atoms with E-state index in [1.165, 1.54) is 0 Å². The molecule has 5 heteroatoms. The van der Waals surface area contributed by atoms with Crippen LogP contribution in [0.2, 0.25) is 5.02 Å². The predicted octanol–water partition coefficient (Wildman–Crippen LogP) is 3.81. The lowest BCUT2D eigenvalue weighted by Gasteiger charge is -2.25. The second-order valence-electron chi connectivity index (χ2n) is 5.37. The average Bonchev–Trinajstić information content (AvgIpc) is 2.85. The van der Waals surface area contributed by atoms with Crippen LogP contribution in [0.1, 0.15) is 31.5 Å². The van der Waals surface area contributed by atoms with Crippen molar-refractivity contribution in [1.29, 1.82) is 0 Å². The van der Waals surface area contributed by atoms with Crippen LogP contribution in [0.25, 0.3) is 10.9 Å². The Morgan fingerprint density at radius 1 is 1.36 bits per heavy atom. The molecule has 0 atom stereocenters. The molecule has 3 rings (SSSR count). The van der Waals surface area contributed by atoms with Crippen molar-refractivity contribution in [2.45, 2.75) is 33.7 Å². The van der Waals surface area contributed by atoms with E-state index in [0.717, 1.165) is 27.2 Å². The molecular formula is C17H23ClN2O2. The summed E-state index contributed by atoms with van der Waals surface area (Å²) >= 11 is 6.11. The number of aryl methyl sites for hydroxylation is 1. The van der Waals surface area contributed by atoms with Gasteiger partial charge in [0.25, 0.3) is 0 Å². The summed E-state index contributed by atoms with van der Waals surface area (Å²) in [6.45, 7) is 7.90. The number of benzene rings is 1. The first-order valence-corrected chi connectivity index (χ1v) is 8.12. The van der Waals surface area contributed by atoms with Crippen LogP contribution in [-0.2, 0) is 16.1 Å². The van der Waals surface area contributed by atoms with Gasteiger partial charge in [-0.1, -0.05) is 25.4 Å². The minimum atomic E-state index is 0.0752. The summed E-state index contributed by atoms with van der Waals surface area (Å²) in [7, 11) is 0. The number of amides is 1. The first-order valence-electron chi connectivity index (χ1n) is 7.74. The minimum absolute atomic E-state index is 0.0752. The van der Waals surface area contributed by atoms with Crippen molar-refractivity contribution in [3.63, 3.8) is 0 Å². The lowest BCUT2D eigenvalue weighted by molar-refractivity contribution is -0.126. The van der Waals surface area contributed by atoms with Crippen LogP contribution in [-0.4, -0.2) is 24.1 Å². The SMILES string of the molecule is CC.Cc1cc2[nH]c(CNC(=O)CC3COC3)cc2cc1Cl. The first kappa shape index (κ1) is 16.8. The summed E-state index contributed by atoms with van der Waals surface area (Å²) < 4.78 is 5.06. The van der Waals surface area contributed by atoms with Crippen LogP contribution < -0.4 is 5.32 Å². The number of ether oxygens (including phenoxy) is 1. The third kappa shape index (κ3) is 4.02. The summed E-state index contributed by atoms with van der Waals surface area (Å²) in [6, 6.07) is 5.99. The molecule has 4 nitrogen and oxygen atoms in total. The highest BCUT2D eigenvalue weighted by atomic mass is 35.5. The standard InChI is InChI=1S/C15H17ClN2O2.C2H6/c1-9-2-14-11(5-13(9)16)4-12(18-14)6-17-15(19)3-10-7-20-8-10;1-2/h2,4-5,10,18H,3,6-8H2,1H3,(H,17,19);1-2H3. The molecule has 1 fully saturated rings. The number of nitrogens with one attached hydrogen (secondary N) is 2. The zero-order valence-electron chi connectivity index (χ0n) is 13.3. The molecule has 2 heterocycles. The largest absolute Gasteiger partial charge is 0.381 e. The van der Waals surface area contributed by atoms with Crippen LogP contribution >= 0.6 is 11.6 Å². The summed E-state index contributed by atoms with van der Waals surface area (Å²) in [4.78, 5) is 15.0. The smallest absolute Gasteiger partial charge is 0.220 e. The summed E-state index contributed by atoms with van der Waals surface area (Å²) in [5, 5.41) is 4.76. The van der Waals surface area contributed by atoms with Crippen molar-refractivity contribution in [2.75, 3.05) is 13.2 Å². The van der Waals surface area contributed by atoms with Gasteiger partial charge in [0.1, 0.15) is 0 Å². The maximum Gasteiger partial charge on any atom is 0.220 e. The number of halogens is 1. The Morgan fingerprint density at radius 3 is 2.73 bits per heavy atom. The number of fused-ring (bicyclic) bond motifs is 1. The third-order valence-electron chi connectivity index (χ3n) is 3.61. The molecule has 120 valence electrons. The molecule has 0 saturated carbocycles. The highest BCUT2D eigenvalue weighted by Gasteiger charge is 2.21. The Balaban J connectivity index is 0.000000847. The van der Waals surface area contributed by atoms with E-state index in [9.17, 15) is 4.79 Å². The fourth-order valence-electron chi connectivity index (χ4n) is 2.35. The lowest BCUT2D eigenvalue weighted by atomic mass is 10.0. The van der Waals surface area contributed by atoms with E-state index < -0.39 is 0 Å². The Kier molecular flexibility index (Phi) is 5.86. The van der Waals surface area contributed by atoms with Crippen LogP contribution in [0.4, 0.5) is 0 Å². The average molecular weight is 323 g/mol. The quantitative estimate of drug-likeness (QED) is 0.899. The Labute approximate surface area is 136 Å². The van der Waals surface area contributed by atoms with Gasteiger partial charge in [0.15, 0.2) is 0 Å². The highest BCUT2D eigenvalue weighted by molar-refractivity contribution is 6.32. The molecule has 1 aliphatic rings. The first-order chi connectivity index (χ1) is 10.6. The van der Waals surface area contributed by atoms with Gasteiger partial charge < -0.3 is 15.0 Å². The number of aromatic amines is 1. The topological polar surface area (TPSA) is 54.1 Å². The van der Waals surface area contributed by atoms with E-state index in [0.29, 0.717) is 32.1 Å². The van der Waals surface area contributed by atoms with Crippen LogP contribution in [0.3, 0.4) is 0 Å². The van der Waals surface area contributed by atoms with E-state index in [1.807, 2.05) is 39.0 Å². The number of carbonyl (C=O) groups is 1. The number of aromatic nitrogens is 1. The van der Waals surface area contributed by atoms with Crippen molar-refractivity contribution in [1.82, 2.24) is 10.3 Å². The fourth-order valence-corrected chi connectivity index (χ4v) is 2.52. The maximum absolute atomic E-state index is 11.7. The number of carbonyl (C=O) groups excluding carboxylic acids is 1. The van der Waals surface area contributed by atoms with E-state index in [1.54, 1.807) is 0 Å². The molecule has 1 amide bonds. The molecule has 1 saturated heterocycles. The second kappa shape index (κ2) is 7.65. The van der Waals surface area contributed by atoms with Crippen molar-refractivity contribution in [2.24, 2.45) is 5.92 Å². The summed E-state index contributed by atoms with van der Waals surface area (Å²) in [5.41, 5.74) is 3.07. The van der Waals surface area contributed by atoms with Gasteiger partial charge in [-0.15, -0.1) is 0 Å². The molecule has 0 bridgehead atoms. The van der Waals surface area contributed by atoms with Gasteiger partial charge in [-0.25, -0.2) is 0 Å². The molecule has 0 unspecified atom stereocenters. The normalized spacial score (nSPS) is 14.2. The van der Waals surface area contributed by atoms with Crippen molar-refractivity contribution in [3.05, 3.63) is 34.5 Å². The summed E-state index contributed by atoms with van der Waals surface area (Å²) in [6.07, 6.45) is 0.547. The zero-order chi connectivity index (χ0) is 16.1. The molecule has 0 spiro atoms. The number of rotatable bonds is 4. The monoisotopic (exact) mass is 322 g/mol. The fraction of sp³-hybridized carbons (Fsp3) is 0.471. The van der Waals surface area contributed by atoms with Gasteiger partial charge in [0.2, 0.25) is 5.91 Å². The maximum atomic E-state index is 11.7. The molecule has 22 heavy (non-hydrogen) atoms.